The second-order valence-electron chi connectivity index (χ2n) is 6.47. The minimum atomic E-state index is -0.0895. The summed E-state index contributed by atoms with van der Waals surface area (Å²) < 4.78 is 5.20. The smallest absolute Gasteiger partial charge is 0.273 e. The quantitative estimate of drug-likeness (QED) is 0.894. The fraction of sp³-hybridized carbons (Fsp3) is 0.714. The highest BCUT2D eigenvalue weighted by atomic mass is 16.5. The number of hydrogen-bond donors (Lipinski definition) is 1. The van der Waals surface area contributed by atoms with E-state index in [4.69, 9.17) is 4.52 Å². The lowest BCUT2D eigenvalue weighted by atomic mass is 9.92. The van der Waals surface area contributed by atoms with E-state index in [1.54, 1.807) is 6.07 Å². The predicted molar refractivity (Wildman–Crippen MR) is 67.4 cm³/mol. The van der Waals surface area contributed by atoms with Gasteiger partial charge < -0.3 is 9.84 Å². The number of nitrogens with zero attached hydrogens (tertiary/aromatic N) is 1. The lowest BCUT2D eigenvalue weighted by Crippen LogP contribution is -2.33. The van der Waals surface area contributed by atoms with Gasteiger partial charge in [0, 0.05) is 18.0 Å². The molecule has 0 spiro atoms. The van der Waals surface area contributed by atoms with Crippen LogP contribution >= 0.6 is 0 Å². The summed E-state index contributed by atoms with van der Waals surface area (Å²) in [4.78, 5) is 12.0. The number of hydrogen-bond acceptors (Lipinski definition) is 3. The highest BCUT2D eigenvalue weighted by Gasteiger charge is 2.33. The summed E-state index contributed by atoms with van der Waals surface area (Å²) in [6, 6.07) is 2.08. The zero-order valence-electron chi connectivity index (χ0n) is 11.0. The first-order chi connectivity index (χ1) is 8.53. The molecule has 0 aromatic carbocycles. The molecule has 1 unspecified atom stereocenters. The molecule has 1 heterocycles. The van der Waals surface area contributed by atoms with Gasteiger partial charge in [0.05, 0.1) is 0 Å². The van der Waals surface area contributed by atoms with Crippen molar-refractivity contribution in [1.82, 2.24) is 10.5 Å². The van der Waals surface area contributed by atoms with E-state index in [-0.39, 0.29) is 11.9 Å². The molecule has 4 heteroatoms. The van der Waals surface area contributed by atoms with Crippen molar-refractivity contribution in [3.8, 4) is 0 Å². The second-order valence-corrected chi connectivity index (χ2v) is 6.47. The van der Waals surface area contributed by atoms with Crippen LogP contribution in [0.4, 0.5) is 0 Å². The van der Waals surface area contributed by atoms with Crippen molar-refractivity contribution in [2.45, 2.75) is 57.9 Å². The number of carbonyl (C=O) groups is 1. The maximum Gasteiger partial charge on any atom is 0.273 e. The molecule has 4 nitrogen and oxygen atoms in total. The summed E-state index contributed by atoms with van der Waals surface area (Å²) in [6.45, 7) is 4.50. The molecule has 0 bridgehead atoms. The standard InChI is InChI=1S/C14H20N2O2/c1-14(2)6-5-10(8-14)15-13(17)11-7-12(18-16-11)9-3-4-9/h7,9-10H,3-6,8H2,1-2H3,(H,15,17). The SMILES string of the molecule is CC1(C)CCC(NC(=O)c2cc(C3CC3)on2)C1. The van der Waals surface area contributed by atoms with Crippen LogP contribution in [0.5, 0.6) is 0 Å². The van der Waals surface area contributed by atoms with Gasteiger partial charge >= 0.3 is 0 Å². The lowest BCUT2D eigenvalue weighted by Gasteiger charge is -2.17. The molecular weight excluding hydrogens is 228 g/mol. The van der Waals surface area contributed by atoms with Gasteiger partial charge in [0.15, 0.2) is 5.69 Å². The number of rotatable bonds is 3. The fourth-order valence-corrected chi connectivity index (χ4v) is 2.78. The normalized spacial score (nSPS) is 26.2. The van der Waals surface area contributed by atoms with Gasteiger partial charge in [0.25, 0.3) is 5.91 Å². The molecule has 0 aliphatic heterocycles. The zero-order valence-corrected chi connectivity index (χ0v) is 11.0. The third-order valence-electron chi connectivity index (χ3n) is 4.04. The summed E-state index contributed by atoms with van der Waals surface area (Å²) in [5.41, 5.74) is 0.780. The minimum Gasteiger partial charge on any atom is -0.360 e. The van der Waals surface area contributed by atoms with Crippen molar-refractivity contribution in [3.05, 3.63) is 17.5 Å². The largest absolute Gasteiger partial charge is 0.360 e. The van der Waals surface area contributed by atoms with Gasteiger partial charge in [-0.1, -0.05) is 19.0 Å². The van der Waals surface area contributed by atoms with E-state index < -0.39 is 0 Å². The summed E-state index contributed by atoms with van der Waals surface area (Å²) in [5.74, 6) is 1.28. The van der Waals surface area contributed by atoms with Crippen LogP contribution in [0.25, 0.3) is 0 Å². The first kappa shape index (κ1) is 11.8. The predicted octanol–water partition coefficient (Wildman–Crippen LogP) is 2.86. The number of carbonyl (C=O) groups excluding carboxylic acids is 1. The van der Waals surface area contributed by atoms with Gasteiger partial charge in [0.1, 0.15) is 5.76 Å². The molecule has 18 heavy (non-hydrogen) atoms. The summed E-state index contributed by atoms with van der Waals surface area (Å²) in [6.07, 6.45) is 5.60. The summed E-state index contributed by atoms with van der Waals surface area (Å²) in [7, 11) is 0. The molecule has 98 valence electrons. The molecular formula is C14H20N2O2. The van der Waals surface area contributed by atoms with Crippen LogP contribution in [0.15, 0.2) is 10.6 Å². The summed E-state index contributed by atoms with van der Waals surface area (Å²) >= 11 is 0. The van der Waals surface area contributed by atoms with Crippen molar-refractivity contribution < 1.29 is 9.32 Å². The molecule has 1 amide bonds. The average Bonchev–Trinajstić information content (AvgIpc) is 2.93. The van der Waals surface area contributed by atoms with Gasteiger partial charge in [-0.2, -0.15) is 0 Å². The molecule has 1 atom stereocenters. The number of aromatic nitrogens is 1. The van der Waals surface area contributed by atoms with Crippen molar-refractivity contribution in [1.29, 1.82) is 0 Å². The maximum absolute atomic E-state index is 12.0. The van der Waals surface area contributed by atoms with Crippen molar-refractivity contribution in [2.24, 2.45) is 5.41 Å². The van der Waals surface area contributed by atoms with E-state index in [0.717, 1.165) is 31.4 Å². The van der Waals surface area contributed by atoms with Gasteiger partial charge in [0.2, 0.25) is 0 Å². The minimum absolute atomic E-state index is 0.0895. The van der Waals surface area contributed by atoms with E-state index in [1.807, 2.05) is 0 Å². The van der Waals surface area contributed by atoms with E-state index in [1.165, 1.54) is 6.42 Å². The van der Waals surface area contributed by atoms with Crippen LogP contribution in [-0.2, 0) is 0 Å². The Balaban J connectivity index is 1.60. The van der Waals surface area contributed by atoms with Gasteiger partial charge in [-0.25, -0.2) is 0 Å². The van der Waals surface area contributed by atoms with Crippen molar-refractivity contribution in [2.75, 3.05) is 0 Å². The molecule has 3 rings (SSSR count). The van der Waals surface area contributed by atoms with Crippen LogP contribution in [0, 0.1) is 5.41 Å². The van der Waals surface area contributed by atoms with E-state index in [9.17, 15) is 4.79 Å². The van der Waals surface area contributed by atoms with Crippen LogP contribution in [0.3, 0.4) is 0 Å². The van der Waals surface area contributed by atoms with Gasteiger partial charge in [-0.15, -0.1) is 0 Å². The third-order valence-corrected chi connectivity index (χ3v) is 4.04. The second kappa shape index (κ2) is 4.11. The van der Waals surface area contributed by atoms with Crippen molar-refractivity contribution >= 4 is 5.91 Å². The fourth-order valence-electron chi connectivity index (χ4n) is 2.78. The first-order valence-electron chi connectivity index (χ1n) is 6.81. The highest BCUT2D eigenvalue weighted by Crippen LogP contribution is 2.40. The van der Waals surface area contributed by atoms with Crippen LogP contribution in [0.1, 0.15) is 68.1 Å². The molecule has 2 saturated carbocycles. The molecule has 2 fully saturated rings. The average molecular weight is 248 g/mol. The Morgan fingerprint density at radius 2 is 2.22 bits per heavy atom. The molecule has 1 aromatic rings. The molecule has 0 saturated heterocycles. The van der Waals surface area contributed by atoms with E-state index >= 15 is 0 Å². The zero-order chi connectivity index (χ0) is 12.8. The van der Waals surface area contributed by atoms with Gasteiger partial charge in [-0.3, -0.25) is 4.79 Å². The van der Waals surface area contributed by atoms with Crippen LogP contribution < -0.4 is 5.32 Å². The highest BCUT2D eigenvalue weighted by molar-refractivity contribution is 5.92. The topological polar surface area (TPSA) is 55.1 Å². The Morgan fingerprint density at radius 1 is 1.44 bits per heavy atom. The van der Waals surface area contributed by atoms with E-state index in [2.05, 4.69) is 24.3 Å². The third kappa shape index (κ3) is 2.42. The Hall–Kier alpha value is -1.32. The maximum atomic E-state index is 12.0. The van der Waals surface area contributed by atoms with Crippen LogP contribution in [-0.4, -0.2) is 17.1 Å². The molecule has 2 aliphatic carbocycles. The van der Waals surface area contributed by atoms with Gasteiger partial charge in [-0.05, 0) is 37.5 Å². The van der Waals surface area contributed by atoms with E-state index in [0.29, 0.717) is 17.0 Å². The number of amides is 1. The Labute approximate surface area is 107 Å². The molecule has 1 aromatic heterocycles. The molecule has 1 N–H and O–H groups in total. The number of nitrogens with one attached hydrogen (secondary N) is 1. The monoisotopic (exact) mass is 248 g/mol. The first-order valence-corrected chi connectivity index (χ1v) is 6.81. The Bertz CT molecular complexity index is 460. The summed E-state index contributed by atoms with van der Waals surface area (Å²) in [5, 5.41) is 6.93. The Morgan fingerprint density at radius 3 is 2.83 bits per heavy atom. The molecule has 2 aliphatic rings. The lowest BCUT2D eigenvalue weighted by molar-refractivity contribution is 0.0926. The Kier molecular flexibility index (Phi) is 2.68. The van der Waals surface area contributed by atoms with Crippen LogP contribution in [0.2, 0.25) is 0 Å². The van der Waals surface area contributed by atoms with Crippen molar-refractivity contribution in [3.63, 3.8) is 0 Å². The molecule has 0 radical (unpaired) electrons.